The first-order valence-electron chi connectivity index (χ1n) is 10.9. The molecule has 1 saturated heterocycles. The summed E-state index contributed by atoms with van der Waals surface area (Å²) in [6, 6.07) is 4.46. The van der Waals surface area contributed by atoms with Crippen molar-refractivity contribution < 1.29 is 9.47 Å². The lowest BCUT2D eigenvalue weighted by molar-refractivity contribution is 0.136. The van der Waals surface area contributed by atoms with Crippen molar-refractivity contribution >= 4 is 28.6 Å². The summed E-state index contributed by atoms with van der Waals surface area (Å²) in [6.07, 6.45) is 1.79. The fourth-order valence-corrected chi connectivity index (χ4v) is 3.72. The minimum Gasteiger partial charge on any atom is -0.380 e. The van der Waals surface area contributed by atoms with Crippen LogP contribution in [0.15, 0.2) is 18.3 Å². The molecule has 10 heteroatoms. The number of methoxy groups -OCH3 is 1. The van der Waals surface area contributed by atoms with E-state index in [9.17, 15) is 0 Å². The van der Waals surface area contributed by atoms with Gasteiger partial charge in [-0.1, -0.05) is 0 Å². The number of pyridine rings is 1. The van der Waals surface area contributed by atoms with Gasteiger partial charge >= 0.3 is 0 Å². The standard InChI is InChI=1S/C22H32N8O2/c1-6-32-10-9-30-20-19(17(27-30)14-31-5)25-22(29-12-16(13-29)28(3)4)26-21(20)24-18-11-15(2)7-8-23-18/h7-8,11,16H,6,9-10,12-14H2,1-5H3,(H,23,24,25,26). The average Bonchev–Trinajstić information content (AvgIpc) is 3.05. The van der Waals surface area contributed by atoms with Crippen molar-refractivity contribution in [3.05, 3.63) is 29.6 Å². The molecule has 3 aromatic rings. The van der Waals surface area contributed by atoms with Gasteiger partial charge in [0, 0.05) is 39.0 Å². The van der Waals surface area contributed by atoms with E-state index in [-0.39, 0.29) is 0 Å². The van der Waals surface area contributed by atoms with Gasteiger partial charge in [0.1, 0.15) is 22.5 Å². The topological polar surface area (TPSA) is 93.5 Å². The van der Waals surface area contributed by atoms with E-state index in [1.807, 2.05) is 30.7 Å². The van der Waals surface area contributed by atoms with Crippen LogP contribution in [0.1, 0.15) is 18.2 Å². The summed E-state index contributed by atoms with van der Waals surface area (Å²) in [5.41, 5.74) is 3.52. The highest BCUT2D eigenvalue weighted by Gasteiger charge is 2.31. The maximum atomic E-state index is 5.57. The minimum atomic E-state index is 0.372. The highest BCUT2D eigenvalue weighted by atomic mass is 16.5. The SMILES string of the molecule is CCOCCn1nc(COC)c2nc(N3CC(N(C)C)C3)nc(Nc3cc(C)ccn3)c21. The number of hydrogen-bond donors (Lipinski definition) is 1. The Kier molecular flexibility index (Phi) is 6.83. The quantitative estimate of drug-likeness (QED) is 0.476. The molecule has 0 radical (unpaired) electrons. The second-order valence-corrected chi connectivity index (χ2v) is 8.24. The van der Waals surface area contributed by atoms with E-state index >= 15 is 0 Å². The third-order valence-electron chi connectivity index (χ3n) is 5.62. The second kappa shape index (κ2) is 9.76. The van der Waals surface area contributed by atoms with Crippen molar-refractivity contribution in [2.75, 3.05) is 57.7 Å². The summed E-state index contributed by atoms with van der Waals surface area (Å²) < 4.78 is 12.9. The summed E-state index contributed by atoms with van der Waals surface area (Å²) in [4.78, 5) is 18.7. The molecule has 1 fully saturated rings. The van der Waals surface area contributed by atoms with Crippen molar-refractivity contribution in [1.82, 2.24) is 29.6 Å². The van der Waals surface area contributed by atoms with Crippen LogP contribution in [0.2, 0.25) is 0 Å². The minimum absolute atomic E-state index is 0.372. The van der Waals surface area contributed by atoms with Crippen LogP contribution in [-0.2, 0) is 22.6 Å². The van der Waals surface area contributed by atoms with Gasteiger partial charge in [-0.05, 0) is 45.6 Å². The van der Waals surface area contributed by atoms with Gasteiger partial charge in [-0.3, -0.25) is 4.68 Å². The predicted octanol–water partition coefficient (Wildman–Crippen LogP) is 2.21. The molecule has 0 unspecified atom stereocenters. The number of ether oxygens (including phenoxy) is 2. The third kappa shape index (κ3) is 4.67. The first-order valence-corrected chi connectivity index (χ1v) is 10.9. The number of anilines is 3. The van der Waals surface area contributed by atoms with Crippen molar-refractivity contribution in [3.63, 3.8) is 0 Å². The Morgan fingerprint density at radius 3 is 2.75 bits per heavy atom. The van der Waals surface area contributed by atoms with E-state index in [1.54, 1.807) is 13.3 Å². The Balaban J connectivity index is 1.78. The molecule has 0 atom stereocenters. The van der Waals surface area contributed by atoms with Gasteiger partial charge in [-0.2, -0.15) is 10.1 Å². The monoisotopic (exact) mass is 440 g/mol. The molecular weight excluding hydrogens is 408 g/mol. The predicted molar refractivity (Wildman–Crippen MR) is 124 cm³/mol. The number of aromatic nitrogens is 5. The third-order valence-corrected chi connectivity index (χ3v) is 5.62. The number of aryl methyl sites for hydroxylation is 1. The van der Waals surface area contributed by atoms with Crippen LogP contribution in [0.3, 0.4) is 0 Å². The van der Waals surface area contributed by atoms with Gasteiger partial charge in [0.05, 0.1) is 19.8 Å². The van der Waals surface area contributed by atoms with Crippen molar-refractivity contribution in [3.8, 4) is 0 Å². The van der Waals surface area contributed by atoms with Gasteiger partial charge in [-0.25, -0.2) is 9.97 Å². The molecule has 4 rings (SSSR count). The summed E-state index contributed by atoms with van der Waals surface area (Å²) in [5, 5.41) is 8.19. The van der Waals surface area contributed by atoms with E-state index in [0.717, 1.165) is 41.2 Å². The van der Waals surface area contributed by atoms with E-state index in [2.05, 4.69) is 34.2 Å². The fourth-order valence-electron chi connectivity index (χ4n) is 3.72. The highest BCUT2D eigenvalue weighted by molar-refractivity contribution is 5.90. The molecule has 0 saturated carbocycles. The summed E-state index contributed by atoms with van der Waals surface area (Å²) in [7, 11) is 5.86. The lowest BCUT2D eigenvalue weighted by Gasteiger charge is -2.42. The molecule has 4 heterocycles. The largest absolute Gasteiger partial charge is 0.380 e. The van der Waals surface area contributed by atoms with E-state index in [4.69, 9.17) is 24.5 Å². The molecule has 1 aliphatic rings. The number of likely N-dealkylation sites (N-methyl/N-ethyl adjacent to an activating group) is 1. The average molecular weight is 441 g/mol. The van der Waals surface area contributed by atoms with Crippen LogP contribution >= 0.6 is 0 Å². The molecule has 1 N–H and O–H groups in total. The van der Waals surface area contributed by atoms with Gasteiger partial charge in [0.15, 0.2) is 5.82 Å². The highest BCUT2D eigenvalue weighted by Crippen LogP contribution is 2.30. The Morgan fingerprint density at radius 2 is 2.06 bits per heavy atom. The van der Waals surface area contributed by atoms with Crippen molar-refractivity contribution in [1.29, 1.82) is 0 Å². The number of nitrogens with zero attached hydrogens (tertiary/aromatic N) is 7. The Labute approximate surface area is 188 Å². The van der Waals surface area contributed by atoms with Crippen LogP contribution in [0.4, 0.5) is 17.6 Å². The molecule has 10 nitrogen and oxygen atoms in total. The number of rotatable bonds is 10. The van der Waals surface area contributed by atoms with Gasteiger partial charge < -0.3 is 24.6 Å². The maximum absolute atomic E-state index is 5.57. The zero-order valence-corrected chi connectivity index (χ0v) is 19.5. The van der Waals surface area contributed by atoms with Crippen LogP contribution in [0, 0.1) is 6.92 Å². The molecule has 0 aliphatic carbocycles. The molecule has 1 aliphatic heterocycles. The summed E-state index contributed by atoms with van der Waals surface area (Å²) in [5.74, 6) is 2.10. The maximum Gasteiger partial charge on any atom is 0.228 e. The number of hydrogen-bond acceptors (Lipinski definition) is 9. The molecule has 0 amide bonds. The first-order chi connectivity index (χ1) is 15.5. The van der Waals surface area contributed by atoms with Gasteiger partial charge in [0.2, 0.25) is 5.95 Å². The smallest absolute Gasteiger partial charge is 0.228 e. The van der Waals surface area contributed by atoms with Crippen LogP contribution in [0.25, 0.3) is 11.0 Å². The van der Waals surface area contributed by atoms with E-state index < -0.39 is 0 Å². The lowest BCUT2D eigenvalue weighted by Crippen LogP contribution is -2.58. The molecule has 3 aromatic heterocycles. The summed E-state index contributed by atoms with van der Waals surface area (Å²) in [6.45, 7) is 7.98. The van der Waals surface area contributed by atoms with Crippen molar-refractivity contribution in [2.45, 2.75) is 33.0 Å². The van der Waals surface area contributed by atoms with Crippen molar-refractivity contribution in [2.24, 2.45) is 0 Å². The molecule has 32 heavy (non-hydrogen) atoms. The Bertz CT molecular complexity index is 1060. The van der Waals surface area contributed by atoms with E-state index in [1.165, 1.54) is 0 Å². The zero-order chi connectivity index (χ0) is 22.7. The second-order valence-electron chi connectivity index (χ2n) is 8.24. The molecule has 172 valence electrons. The van der Waals surface area contributed by atoms with E-state index in [0.29, 0.717) is 44.2 Å². The first kappa shape index (κ1) is 22.4. The lowest BCUT2D eigenvalue weighted by atomic mass is 10.1. The Hall–Kier alpha value is -2.82. The Morgan fingerprint density at radius 1 is 1.25 bits per heavy atom. The molecular formula is C22H32N8O2. The molecule has 0 spiro atoms. The van der Waals surface area contributed by atoms with Crippen LogP contribution in [0.5, 0.6) is 0 Å². The molecule has 0 aromatic carbocycles. The van der Waals surface area contributed by atoms with Gasteiger partial charge in [-0.15, -0.1) is 0 Å². The number of fused-ring (bicyclic) bond motifs is 1. The zero-order valence-electron chi connectivity index (χ0n) is 19.5. The number of nitrogens with one attached hydrogen (secondary N) is 1. The fraction of sp³-hybridized carbons (Fsp3) is 0.545. The van der Waals surface area contributed by atoms with Gasteiger partial charge in [0.25, 0.3) is 0 Å². The normalized spacial score (nSPS) is 14.4. The molecule has 0 bridgehead atoms. The summed E-state index contributed by atoms with van der Waals surface area (Å²) >= 11 is 0. The van der Waals surface area contributed by atoms with Crippen LogP contribution < -0.4 is 10.2 Å². The van der Waals surface area contributed by atoms with Crippen LogP contribution in [-0.4, -0.2) is 83.2 Å².